The van der Waals surface area contributed by atoms with Crippen LogP contribution >= 0.6 is 0 Å². The molecule has 0 aliphatic rings. The molecular weight excluding hydrogens is 350 g/mol. The number of hydrogen-bond acceptors (Lipinski definition) is 6. The van der Waals surface area contributed by atoms with Crippen molar-refractivity contribution < 1.29 is 22.8 Å². The van der Waals surface area contributed by atoms with Gasteiger partial charge in [-0.25, -0.2) is 4.79 Å². The van der Waals surface area contributed by atoms with Gasteiger partial charge in [0.1, 0.15) is 0 Å². The van der Waals surface area contributed by atoms with E-state index >= 15 is 0 Å². The molecule has 0 amide bonds. The highest BCUT2D eigenvalue weighted by Crippen LogP contribution is 2.10. The zero-order valence-corrected chi connectivity index (χ0v) is 18.4. The summed E-state index contributed by atoms with van der Waals surface area (Å²) in [7, 11) is 0.772. The minimum absolute atomic E-state index is 0.143. The van der Waals surface area contributed by atoms with Crippen molar-refractivity contribution in [2.24, 2.45) is 5.73 Å². The Kier molecular flexibility index (Phi) is 21.8. The molecule has 26 heavy (non-hydrogen) atoms. The normalized spacial score (nSPS) is 10.8. The van der Waals surface area contributed by atoms with E-state index in [-0.39, 0.29) is 12.7 Å². The van der Waals surface area contributed by atoms with Crippen LogP contribution in [0, 0.1) is 0 Å². The van der Waals surface area contributed by atoms with Crippen LogP contribution in [0.4, 0.5) is 0 Å². The first-order chi connectivity index (χ1) is 12.5. The summed E-state index contributed by atoms with van der Waals surface area (Å²) in [4.78, 5) is 10.7. The third-order valence-electron chi connectivity index (χ3n) is 4.00. The standard InChI is InChI=1S/C15H28O2.C4H13NO3Si/c1-3-5-6-7-8-9-10-11-12-13-14-17-15(16)4-2;1-6-9(3,7-2)8-4-5/h4H,2-3,5-14H2,1H3;4-5H2,1-3H3. The van der Waals surface area contributed by atoms with Crippen molar-refractivity contribution in [2.75, 3.05) is 27.6 Å². The van der Waals surface area contributed by atoms with Gasteiger partial charge >= 0.3 is 14.8 Å². The Morgan fingerprint density at radius 2 is 1.42 bits per heavy atom. The maximum atomic E-state index is 10.7. The van der Waals surface area contributed by atoms with Crippen molar-refractivity contribution in [3.8, 4) is 0 Å². The van der Waals surface area contributed by atoms with E-state index < -0.39 is 8.80 Å². The number of rotatable bonds is 16. The molecular formula is C19H41NO5Si. The number of unbranched alkanes of at least 4 members (excludes halogenated alkanes) is 9. The van der Waals surface area contributed by atoms with Crippen LogP contribution in [0.25, 0.3) is 0 Å². The van der Waals surface area contributed by atoms with Gasteiger partial charge in [0.05, 0.1) is 13.3 Å². The lowest BCUT2D eigenvalue weighted by atomic mass is 10.1. The number of esters is 1. The van der Waals surface area contributed by atoms with Crippen molar-refractivity contribution >= 4 is 14.8 Å². The van der Waals surface area contributed by atoms with Gasteiger partial charge in [-0.2, -0.15) is 0 Å². The fraction of sp³-hybridized carbons (Fsp3) is 0.842. The van der Waals surface area contributed by atoms with E-state index in [0.717, 1.165) is 6.42 Å². The van der Waals surface area contributed by atoms with Gasteiger partial charge in [-0.05, 0) is 6.42 Å². The summed E-state index contributed by atoms with van der Waals surface area (Å²) < 4.78 is 19.8. The lowest BCUT2D eigenvalue weighted by Gasteiger charge is -2.20. The van der Waals surface area contributed by atoms with E-state index in [1.54, 1.807) is 20.8 Å². The second-order valence-corrected chi connectivity index (χ2v) is 8.97. The first-order valence-electron chi connectivity index (χ1n) is 9.73. The molecule has 2 N–H and O–H groups in total. The lowest BCUT2D eigenvalue weighted by Crippen LogP contribution is -2.41. The highest BCUT2D eigenvalue weighted by atomic mass is 28.4. The van der Waals surface area contributed by atoms with Crippen LogP contribution in [0.5, 0.6) is 0 Å². The number of ether oxygens (including phenoxy) is 1. The SMILES string of the molecule is C=CC(=O)OCCCCCCCCCCCC.CO[Si](C)(OC)OCN. The molecule has 0 bridgehead atoms. The van der Waals surface area contributed by atoms with Gasteiger partial charge in [-0.3, -0.25) is 0 Å². The van der Waals surface area contributed by atoms with Gasteiger partial charge in [0, 0.05) is 26.8 Å². The van der Waals surface area contributed by atoms with Crippen LogP contribution < -0.4 is 5.73 Å². The molecule has 0 aromatic heterocycles. The lowest BCUT2D eigenvalue weighted by molar-refractivity contribution is -0.137. The fourth-order valence-electron chi connectivity index (χ4n) is 2.17. The Balaban J connectivity index is 0. The second-order valence-electron chi connectivity index (χ2n) is 6.14. The molecule has 0 fully saturated rings. The molecule has 0 spiro atoms. The largest absolute Gasteiger partial charge is 0.498 e. The average Bonchev–Trinajstić information content (AvgIpc) is 2.66. The van der Waals surface area contributed by atoms with Crippen LogP contribution in [0.15, 0.2) is 12.7 Å². The van der Waals surface area contributed by atoms with E-state index in [1.807, 2.05) is 0 Å². The third kappa shape index (κ3) is 19.6. The summed E-state index contributed by atoms with van der Waals surface area (Å²) >= 11 is 0. The molecule has 0 unspecified atom stereocenters. The molecule has 0 rings (SSSR count). The van der Waals surface area contributed by atoms with Crippen molar-refractivity contribution in [1.82, 2.24) is 0 Å². The van der Waals surface area contributed by atoms with Gasteiger partial charge in [-0.1, -0.05) is 71.3 Å². The molecule has 0 atom stereocenters. The smallest absolute Gasteiger partial charge is 0.463 e. The Labute approximate surface area is 161 Å². The summed E-state index contributed by atoms with van der Waals surface area (Å²) in [6.07, 6.45) is 14.2. The highest BCUT2D eigenvalue weighted by Gasteiger charge is 2.30. The van der Waals surface area contributed by atoms with E-state index in [9.17, 15) is 4.79 Å². The quantitative estimate of drug-likeness (QED) is 0.138. The number of carbonyl (C=O) groups is 1. The van der Waals surface area contributed by atoms with Crippen LogP contribution in [-0.4, -0.2) is 42.3 Å². The number of hydrogen-bond donors (Lipinski definition) is 1. The number of carbonyl (C=O) groups excluding carboxylic acids is 1. The molecule has 0 aliphatic heterocycles. The molecule has 0 heterocycles. The number of nitrogens with two attached hydrogens (primary N) is 1. The van der Waals surface area contributed by atoms with Crippen LogP contribution in [0.2, 0.25) is 6.55 Å². The summed E-state index contributed by atoms with van der Waals surface area (Å²) in [6, 6.07) is 0. The topological polar surface area (TPSA) is 80.0 Å². The van der Waals surface area contributed by atoms with Gasteiger partial charge in [0.25, 0.3) is 0 Å². The van der Waals surface area contributed by atoms with Crippen molar-refractivity contribution in [3.05, 3.63) is 12.7 Å². The minimum Gasteiger partial charge on any atom is -0.463 e. The van der Waals surface area contributed by atoms with Crippen molar-refractivity contribution in [2.45, 2.75) is 77.7 Å². The summed E-state index contributed by atoms with van der Waals surface area (Å²) in [5.74, 6) is -0.305. The summed E-state index contributed by atoms with van der Waals surface area (Å²) in [6.45, 7) is 8.07. The molecule has 6 nitrogen and oxygen atoms in total. The van der Waals surface area contributed by atoms with E-state index in [0.29, 0.717) is 6.61 Å². The van der Waals surface area contributed by atoms with Crippen LogP contribution in [-0.2, 0) is 22.8 Å². The molecule has 0 saturated heterocycles. The van der Waals surface area contributed by atoms with Crippen molar-refractivity contribution in [1.29, 1.82) is 0 Å². The van der Waals surface area contributed by atoms with Gasteiger partial charge < -0.3 is 23.7 Å². The maximum Gasteiger partial charge on any atom is 0.498 e. The average molecular weight is 392 g/mol. The van der Waals surface area contributed by atoms with E-state index in [2.05, 4.69) is 13.5 Å². The highest BCUT2D eigenvalue weighted by molar-refractivity contribution is 6.59. The van der Waals surface area contributed by atoms with Gasteiger partial charge in [0.2, 0.25) is 0 Å². The predicted octanol–water partition coefficient (Wildman–Crippen LogP) is 4.42. The molecule has 156 valence electrons. The molecule has 0 aromatic rings. The first-order valence-corrected chi connectivity index (χ1v) is 12.0. The molecule has 7 heteroatoms. The molecule has 0 aliphatic carbocycles. The first kappa shape index (κ1) is 27.5. The monoisotopic (exact) mass is 391 g/mol. The Morgan fingerprint density at radius 1 is 0.962 bits per heavy atom. The predicted molar refractivity (Wildman–Crippen MR) is 109 cm³/mol. The zero-order chi connectivity index (χ0) is 20.1. The summed E-state index contributed by atoms with van der Waals surface area (Å²) in [5.41, 5.74) is 5.12. The van der Waals surface area contributed by atoms with Crippen LogP contribution in [0.3, 0.4) is 0 Å². The van der Waals surface area contributed by atoms with E-state index in [1.165, 1.54) is 63.9 Å². The third-order valence-corrected chi connectivity index (χ3v) is 6.17. The second kappa shape index (κ2) is 20.6. The zero-order valence-electron chi connectivity index (χ0n) is 17.4. The molecule has 0 saturated carbocycles. The molecule has 0 radical (unpaired) electrons. The Morgan fingerprint density at radius 3 is 1.77 bits per heavy atom. The van der Waals surface area contributed by atoms with Gasteiger partial charge in [-0.15, -0.1) is 0 Å². The summed E-state index contributed by atoms with van der Waals surface area (Å²) in [5, 5.41) is 0. The van der Waals surface area contributed by atoms with Gasteiger partial charge in [0.15, 0.2) is 0 Å². The molecule has 0 aromatic carbocycles. The van der Waals surface area contributed by atoms with Crippen molar-refractivity contribution in [3.63, 3.8) is 0 Å². The Hall–Kier alpha value is -0.733. The minimum atomic E-state index is -2.32. The van der Waals surface area contributed by atoms with E-state index in [4.69, 9.17) is 23.7 Å². The fourth-order valence-corrected chi connectivity index (χ4v) is 2.88. The van der Waals surface area contributed by atoms with Crippen LogP contribution in [0.1, 0.15) is 71.1 Å². The Bertz CT molecular complexity index is 325. The maximum absolute atomic E-state index is 10.7.